The molecule has 1 N–H and O–H groups in total. The van der Waals surface area contributed by atoms with E-state index in [2.05, 4.69) is 17.1 Å². The Balaban J connectivity index is 1.24. The summed E-state index contributed by atoms with van der Waals surface area (Å²) >= 11 is 0. The Hall–Kier alpha value is -3.93. The van der Waals surface area contributed by atoms with Gasteiger partial charge in [-0.05, 0) is 72.6 Å². The fraction of sp³-hybridized carbons (Fsp3) is 0.432. The van der Waals surface area contributed by atoms with Gasteiger partial charge in [0, 0.05) is 5.56 Å². The zero-order valence-corrected chi connectivity index (χ0v) is 25.8. The predicted octanol–water partition coefficient (Wildman–Crippen LogP) is 9.92. The average molecular weight is 585 g/mol. The third-order valence-electron chi connectivity index (χ3n) is 7.35. The van der Waals surface area contributed by atoms with Crippen LogP contribution in [0.15, 0.2) is 83.0 Å². The molecular weight excluding hydrogens is 536 g/mol. The summed E-state index contributed by atoms with van der Waals surface area (Å²) in [6.45, 7) is 2.97. The predicted molar refractivity (Wildman–Crippen MR) is 177 cm³/mol. The van der Waals surface area contributed by atoms with Gasteiger partial charge in [-0.2, -0.15) is 10.2 Å². The number of benzene rings is 3. The Labute approximate surface area is 257 Å². The number of hydrogen-bond donors (Lipinski definition) is 1. The van der Waals surface area contributed by atoms with Crippen molar-refractivity contribution in [1.82, 2.24) is 0 Å². The number of nitrogens with zero attached hydrogens (tertiary/aromatic N) is 2. The molecule has 3 aromatic rings. The number of carbonyl (C=O) groups is 1. The average Bonchev–Trinajstić information content (AvgIpc) is 3.03. The van der Waals surface area contributed by atoms with Crippen LogP contribution in [0.1, 0.15) is 118 Å². The van der Waals surface area contributed by atoms with Gasteiger partial charge in [0.2, 0.25) is 0 Å². The highest BCUT2D eigenvalue weighted by molar-refractivity contribution is 5.91. The van der Waals surface area contributed by atoms with E-state index in [1.54, 1.807) is 60.8 Å². The van der Waals surface area contributed by atoms with E-state index >= 15 is 0 Å². The van der Waals surface area contributed by atoms with Gasteiger partial charge in [0.25, 0.3) is 0 Å². The first kappa shape index (κ1) is 33.6. The highest BCUT2D eigenvalue weighted by Crippen LogP contribution is 2.18. The molecule has 0 bridgehead atoms. The Morgan fingerprint density at radius 3 is 1.79 bits per heavy atom. The van der Waals surface area contributed by atoms with E-state index in [-0.39, 0.29) is 5.75 Å². The summed E-state index contributed by atoms with van der Waals surface area (Å²) in [5.41, 5.74) is 1.86. The van der Waals surface area contributed by atoms with E-state index in [9.17, 15) is 9.90 Å². The van der Waals surface area contributed by atoms with Crippen LogP contribution in [0.4, 0.5) is 0 Å². The highest BCUT2D eigenvalue weighted by atomic mass is 16.5. The first-order valence-corrected chi connectivity index (χ1v) is 16.0. The number of phenolic OH excluding ortho intramolecular Hbond substituents is 1. The Morgan fingerprint density at radius 2 is 1.19 bits per heavy atom. The zero-order chi connectivity index (χ0) is 30.4. The molecule has 230 valence electrons. The monoisotopic (exact) mass is 584 g/mol. The minimum absolute atomic E-state index is 0.148. The molecule has 3 rings (SSSR count). The van der Waals surface area contributed by atoms with E-state index in [0.717, 1.165) is 17.7 Å². The first-order chi connectivity index (χ1) is 21.2. The molecular formula is C37H48N2O4. The van der Waals surface area contributed by atoms with Crippen LogP contribution in [0.2, 0.25) is 0 Å². The molecule has 0 aromatic heterocycles. The third kappa shape index (κ3) is 14.2. The van der Waals surface area contributed by atoms with Gasteiger partial charge in [-0.3, -0.25) is 0 Å². The molecule has 0 spiro atoms. The molecule has 0 heterocycles. The van der Waals surface area contributed by atoms with Crippen LogP contribution in [-0.4, -0.2) is 30.1 Å². The van der Waals surface area contributed by atoms with Crippen LogP contribution in [0.3, 0.4) is 0 Å². The molecule has 0 unspecified atom stereocenters. The molecule has 0 saturated heterocycles. The van der Waals surface area contributed by atoms with E-state index < -0.39 is 5.97 Å². The molecule has 0 atom stereocenters. The summed E-state index contributed by atoms with van der Waals surface area (Å²) in [5.74, 6) is 0.931. The number of unbranched alkanes of at least 4 members (excludes halogenated alkanes) is 13. The van der Waals surface area contributed by atoms with Gasteiger partial charge in [0.05, 0.1) is 24.6 Å². The molecule has 0 radical (unpaired) electrons. The summed E-state index contributed by atoms with van der Waals surface area (Å²) in [4.78, 5) is 12.6. The molecule has 0 saturated carbocycles. The van der Waals surface area contributed by atoms with Crippen molar-refractivity contribution in [2.24, 2.45) is 10.2 Å². The normalized spacial score (nSPS) is 11.4. The summed E-state index contributed by atoms with van der Waals surface area (Å²) < 4.78 is 11.4. The Kier molecular flexibility index (Phi) is 16.3. The number of rotatable bonds is 21. The summed E-state index contributed by atoms with van der Waals surface area (Å²) in [5, 5.41) is 17.7. The summed E-state index contributed by atoms with van der Waals surface area (Å²) in [6, 6.07) is 21.0. The van der Waals surface area contributed by atoms with Gasteiger partial charge in [-0.25, -0.2) is 4.79 Å². The SMILES string of the molecule is CCCCCCCCCCCCCCCCOc1ccc(C(=O)Oc2ccc(/C=N/N=C/c3ccccc3O)cc2)cc1. The van der Waals surface area contributed by atoms with Crippen molar-refractivity contribution in [2.75, 3.05) is 6.61 Å². The fourth-order valence-electron chi connectivity index (χ4n) is 4.75. The highest BCUT2D eigenvalue weighted by Gasteiger charge is 2.09. The quantitative estimate of drug-likeness (QED) is 0.0444. The number of aromatic hydroxyl groups is 1. The topological polar surface area (TPSA) is 80.5 Å². The molecule has 0 aliphatic heterocycles. The van der Waals surface area contributed by atoms with Gasteiger partial charge >= 0.3 is 5.97 Å². The minimum atomic E-state index is -0.424. The number of para-hydroxylation sites is 1. The van der Waals surface area contributed by atoms with E-state index in [0.29, 0.717) is 23.5 Å². The fourth-order valence-corrected chi connectivity index (χ4v) is 4.75. The van der Waals surface area contributed by atoms with Crippen LogP contribution in [0, 0.1) is 0 Å². The lowest BCUT2D eigenvalue weighted by Gasteiger charge is -2.08. The van der Waals surface area contributed by atoms with Crippen molar-refractivity contribution < 1.29 is 19.4 Å². The zero-order valence-electron chi connectivity index (χ0n) is 25.8. The maximum Gasteiger partial charge on any atom is 0.343 e. The van der Waals surface area contributed by atoms with E-state index in [1.807, 2.05) is 18.2 Å². The van der Waals surface area contributed by atoms with Crippen LogP contribution in [0.25, 0.3) is 0 Å². The van der Waals surface area contributed by atoms with Gasteiger partial charge in [0.15, 0.2) is 0 Å². The third-order valence-corrected chi connectivity index (χ3v) is 7.35. The van der Waals surface area contributed by atoms with Crippen LogP contribution >= 0.6 is 0 Å². The smallest absolute Gasteiger partial charge is 0.343 e. The Bertz CT molecular complexity index is 1240. The van der Waals surface area contributed by atoms with Crippen LogP contribution in [0.5, 0.6) is 17.2 Å². The van der Waals surface area contributed by atoms with Crippen molar-refractivity contribution in [3.05, 3.63) is 89.5 Å². The molecule has 3 aromatic carbocycles. The molecule has 6 heteroatoms. The number of hydrogen-bond acceptors (Lipinski definition) is 6. The molecule has 43 heavy (non-hydrogen) atoms. The second kappa shape index (κ2) is 20.9. The molecule has 0 aliphatic carbocycles. The van der Waals surface area contributed by atoms with Gasteiger partial charge in [0.1, 0.15) is 17.2 Å². The largest absolute Gasteiger partial charge is 0.507 e. The minimum Gasteiger partial charge on any atom is -0.507 e. The number of ether oxygens (including phenoxy) is 2. The first-order valence-electron chi connectivity index (χ1n) is 16.0. The van der Waals surface area contributed by atoms with Crippen molar-refractivity contribution in [3.8, 4) is 17.2 Å². The lowest BCUT2D eigenvalue weighted by Crippen LogP contribution is -2.08. The lowest BCUT2D eigenvalue weighted by molar-refractivity contribution is 0.0734. The summed E-state index contributed by atoms with van der Waals surface area (Å²) in [6.07, 6.45) is 21.8. The molecule has 0 amide bonds. The number of phenols is 1. The van der Waals surface area contributed by atoms with Crippen molar-refractivity contribution in [3.63, 3.8) is 0 Å². The van der Waals surface area contributed by atoms with Gasteiger partial charge in [-0.15, -0.1) is 0 Å². The standard InChI is InChI=1S/C37H48N2O4/c1-2-3-4-5-6-7-8-9-10-11-12-13-14-17-28-42-34-26-22-32(23-27-34)37(41)43-35-24-20-31(21-25-35)29-38-39-30-33-18-15-16-19-36(33)40/h15-16,18-27,29-30,40H,2-14,17,28H2,1H3/b38-29+,39-30+. The van der Waals surface area contributed by atoms with Gasteiger partial charge < -0.3 is 14.6 Å². The van der Waals surface area contributed by atoms with E-state index in [4.69, 9.17) is 9.47 Å². The maximum atomic E-state index is 12.6. The number of carbonyl (C=O) groups excluding carboxylic acids is 1. The lowest BCUT2D eigenvalue weighted by atomic mass is 10.0. The van der Waals surface area contributed by atoms with Crippen LogP contribution in [-0.2, 0) is 0 Å². The van der Waals surface area contributed by atoms with Crippen molar-refractivity contribution in [2.45, 2.75) is 96.8 Å². The molecule has 6 nitrogen and oxygen atoms in total. The second-order valence-corrected chi connectivity index (χ2v) is 11.0. The maximum absolute atomic E-state index is 12.6. The molecule has 0 aliphatic rings. The van der Waals surface area contributed by atoms with Crippen molar-refractivity contribution >= 4 is 18.4 Å². The van der Waals surface area contributed by atoms with E-state index in [1.165, 1.54) is 89.7 Å². The summed E-state index contributed by atoms with van der Waals surface area (Å²) in [7, 11) is 0. The second-order valence-electron chi connectivity index (χ2n) is 11.0. The van der Waals surface area contributed by atoms with Crippen LogP contribution < -0.4 is 9.47 Å². The Morgan fingerprint density at radius 1 is 0.651 bits per heavy atom. The number of esters is 1. The van der Waals surface area contributed by atoms with Crippen molar-refractivity contribution in [1.29, 1.82) is 0 Å². The van der Waals surface area contributed by atoms with Gasteiger partial charge in [-0.1, -0.05) is 103 Å². The molecule has 0 fully saturated rings.